The zero-order chi connectivity index (χ0) is 10.8. The summed E-state index contributed by atoms with van der Waals surface area (Å²) >= 11 is 0. The Morgan fingerprint density at radius 1 is 1.60 bits per heavy atom. The van der Waals surface area contributed by atoms with Crippen LogP contribution >= 0.6 is 0 Å². The molecule has 0 spiro atoms. The van der Waals surface area contributed by atoms with Crippen LogP contribution in [-0.4, -0.2) is 34.1 Å². The smallest absolute Gasteiger partial charge is 0.356 e. The molecule has 0 bridgehead atoms. The van der Waals surface area contributed by atoms with E-state index in [4.69, 9.17) is 15.6 Å². The standard InChI is InChI=1S/C9H13N3O3/c10-8-5-7(9(13)14)11-12(8)6-1-3-15-4-2-6/h5-6H,1-4,10H2,(H,13,14). The van der Waals surface area contributed by atoms with E-state index in [0.29, 0.717) is 19.0 Å². The monoisotopic (exact) mass is 211 g/mol. The number of nitrogen functional groups attached to an aromatic ring is 1. The van der Waals surface area contributed by atoms with Crippen LogP contribution in [0.3, 0.4) is 0 Å². The largest absolute Gasteiger partial charge is 0.476 e. The van der Waals surface area contributed by atoms with Crippen molar-refractivity contribution in [3.63, 3.8) is 0 Å². The number of aromatic carboxylic acids is 1. The van der Waals surface area contributed by atoms with Gasteiger partial charge in [0.1, 0.15) is 5.82 Å². The first-order valence-electron chi connectivity index (χ1n) is 4.84. The normalized spacial score (nSPS) is 17.9. The molecule has 1 aliphatic rings. The molecule has 1 aromatic heterocycles. The molecule has 0 aromatic carbocycles. The van der Waals surface area contributed by atoms with E-state index in [-0.39, 0.29) is 11.7 Å². The molecule has 1 aromatic rings. The molecule has 6 nitrogen and oxygen atoms in total. The number of hydrogen-bond donors (Lipinski definition) is 2. The van der Waals surface area contributed by atoms with Gasteiger partial charge >= 0.3 is 5.97 Å². The highest BCUT2D eigenvalue weighted by molar-refractivity contribution is 5.86. The molecular formula is C9H13N3O3. The molecule has 0 unspecified atom stereocenters. The van der Waals surface area contributed by atoms with Gasteiger partial charge in [-0.25, -0.2) is 9.48 Å². The van der Waals surface area contributed by atoms with Crippen LogP contribution in [-0.2, 0) is 4.74 Å². The first kappa shape index (κ1) is 9.97. The first-order valence-corrected chi connectivity index (χ1v) is 4.84. The fourth-order valence-corrected chi connectivity index (χ4v) is 1.74. The highest BCUT2D eigenvalue weighted by atomic mass is 16.5. The van der Waals surface area contributed by atoms with Crippen LogP contribution in [0.4, 0.5) is 5.82 Å². The van der Waals surface area contributed by atoms with Gasteiger partial charge in [0, 0.05) is 19.3 Å². The molecule has 15 heavy (non-hydrogen) atoms. The molecule has 82 valence electrons. The van der Waals surface area contributed by atoms with Gasteiger partial charge in [-0.15, -0.1) is 0 Å². The van der Waals surface area contributed by atoms with Gasteiger partial charge in [-0.3, -0.25) is 0 Å². The molecule has 6 heteroatoms. The van der Waals surface area contributed by atoms with E-state index < -0.39 is 5.97 Å². The summed E-state index contributed by atoms with van der Waals surface area (Å²) in [6.07, 6.45) is 1.65. The first-order chi connectivity index (χ1) is 7.18. The van der Waals surface area contributed by atoms with E-state index in [2.05, 4.69) is 5.10 Å². The van der Waals surface area contributed by atoms with E-state index in [1.165, 1.54) is 6.07 Å². The average Bonchev–Trinajstić information content (AvgIpc) is 2.62. The fraction of sp³-hybridized carbons (Fsp3) is 0.556. The minimum atomic E-state index is -1.05. The lowest BCUT2D eigenvalue weighted by atomic mass is 10.1. The molecule has 1 aliphatic heterocycles. The zero-order valence-corrected chi connectivity index (χ0v) is 8.22. The Labute approximate surface area is 86.6 Å². The van der Waals surface area contributed by atoms with Crippen LogP contribution in [0.15, 0.2) is 6.07 Å². The lowest BCUT2D eigenvalue weighted by molar-refractivity contribution is 0.0649. The number of carbonyl (C=O) groups is 1. The number of ether oxygens (including phenoxy) is 1. The number of aromatic nitrogens is 2. The van der Waals surface area contributed by atoms with Gasteiger partial charge in [0.2, 0.25) is 0 Å². The summed E-state index contributed by atoms with van der Waals surface area (Å²) in [5.74, 6) is -0.646. The third-order valence-electron chi connectivity index (χ3n) is 2.52. The van der Waals surface area contributed by atoms with Crippen LogP contribution in [0.5, 0.6) is 0 Å². The maximum atomic E-state index is 10.7. The van der Waals surface area contributed by atoms with Crippen molar-refractivity contribution in [2.75, 3.05) is 18.9 Å². The van der Waals surface area contributed by atoms with Gasteiger partial charge in [0.15, 0.2) is 5.69 Å². The minimum absolute atomic E-state index is 0.000933. The molecule has 0 aliphatic carbocycles. The summed E-state index contributed by atoms with van der Waals surface area (Å²) in [4.78, 5) is 10.7. The molecule has 0 radical (unpaired) electrons. The zero-order valence-electron chi connectivity index (χ0n) is 8.22. The number of nitrogens with two attached hydrogens (primary N) is 1. The summed E-state index contributed by atoms with van der Waals surface area (Å²) in [6.45, 7) is 1.35. The maximum absolute atomic E-state index is 10.7. The Morgan fingerprint density at radius 2 is 2.27 bits per heavy atom. The molecule has 1 fully saturated rings. The molecule has 1 saturated heterocycles. The highest BCUT2D eigenvalue weighted by Gasteiger charge is 2.20. The van der Waals surface area contributed by atoms with E-state index in [1.54, 1.807) is 4.68 Å². The van der Waals surface area contributed by atoms with Crippen molar-refractivity contribution in [2.45, 2.75) is 18.9 Å². The quantitative estimate of drug-likeness (QED) is 0.744. The van der Waals surface area contributed by atoms with Gasteiger partial charge in [-0.2, -0.15) is 5.10 Å². The summed E-state index contributed by atoms with van der Waals surface area (Å²) in [5.41, 5.74) is 5.71. The van der Waals surface area contributed by atoms with Gasteiger partial charge in [-0.05, 0) is 12.8 Å². The van der Waals surface area contributed by atoms with Gasteiger partial charge in [0.05, 0.1) is 6.04 Å². The minimum Gasteiger partial charge on any atom is -0.476 e. The van der Waals surface area contributed by atoms with Gasteiger partial charge in [-0.1, -0.05) is 0 Å². The Hall–Kier alpha value is -1.56. The summed E-state index contributed by atoms with van der Waals surface area (Å²) in [6, 6.07) is 1.55. The Morgan fingerprint density at radius 3 is 2.80 bits per heavy atom. The average molecular weight is 211 g/mol. The Kier molecular flexibility index (Phi) is 2.59. The predicted molar refractivity (Wildman–Crippen MR) is 52.7 cm³/mol. The van der Waals surface area contributed by atoms with E-state index in [0.717, 1.165) is 12.8 Å². The lowest BCUT2D eigenvalue weighted by Gasteiger charge is -2.23. The number of rotatable bonds is 2. The van der Waals surface area contributed by atoms with E-state index >= 15 is 0 Å². The van der Waals surface area contributed by atoms with Crippen molar-refractivity contribution in [3.05, 3.63) is 11.8 Å². The van der Waals surface area contributed by atoms with Gasteiger partial charge in [0.25, 0.3) is 0 Å². The van der Waals surface area contributed by atoms with E-state index in [9.17, 15) is 4.79 Å². The van der Waals surface area contributed by atoms with Crippen LogP contribution in [0, 0.1) is 0 Å². The molecule has 2 rings (SSSR count). The number of carboxylic acids is 1. The third kappa shape index (κ3) is 1.94. The Bertz CT molecular complexity index is 369. The number of anilines is 1. The number of carboxylic acid groups (broad SMARTS) is 1. The second kappa shape index (κ2) is 3.90. The highest BCUT2D eigenvalue weighted by Crippen LogP contribution is 2.23. The van der Waals surface area contributed by atoms with E-state index in [1.807, 2.05) is 0 Å². The van der Waals surface area contributed by atoms with Crippen molar-refractivity contribution < 1.29 is 14.6 Å². The Balaban J connectivity index is 2.22. The van der Waals surface area contributed by atoms with Gasteiger partial charge < -0.3 is 15.6 Å². The summed E-state index contributed by atoms with van der Waals surface area (Å²) in [5, 5.41) is 12.7. The van der Waals surface area contributed by atoms with Crippen molar-refractivity contribution >= 4 is 11.8 Å². The lowest BCUT2D eigenvalue weighted by Crippen LogP contribution is -2.21. The second-order valence-corrected chi connectivity index (χ2v) is 3.55. The second-order valence-electron chi connectivity index (χ2n) is 3.55. The number of hydrogen-bond acceptors (Lipinski definition) is 4. The van der Waals surface area contributed by atoms with Crippen LogP contribution < -0.4 is 5.73 Å². The molecule has 0 saturated carbocycles. The van der Waals surface area contributed by atoms with Crippen LogP contribution in [0.25, 0.3) is 0 Å². The third-order valence-corrected chi connectivity index (χ3v) is 2.52. The summed E-state index contributed by atoms with van der Waals surface area (Å²) in [7, 11) is 0. The SMILES string of the molecule is Nc1cc(C(=O)O)nn1C1CCOCC1. The summed E-state index contributed by atoms with van der Waals surface area (Å²) < 4.78 is 6.81. The molecule has 3 N–H and O–H groups in total. The number of nitrogens with zero attached hydrogens (tertiary/aromatic N) is 2. The molecule has 0 amide bonds. The fourth-order valence-electron chi connectivity index (χ4n) is 1.74. The van der Waals surface area contributed by atoms with Crippen molar-refractivity contribution in [3.8, 4) is 0 Å². The molecular weight excluding hydrogens is 198 g/mol. The van der Waals surface area contributed by atoms with Crippen molar-refractivity contribution in [1.82, 2.24) is 9.78 Å². The van der Waals surface area contributed by atoms with Crippen molar-refractivity contribution in [1.29, 1.82) is 0 Å². The predicted octanol–water partition coefficient (Wildman–Crippen LogP) is 0.515. The topological polar surface area (TPSA) is 90.4 Å². The van der Waals surface area contributed by atoms with Crippen LogP contribution in [0.2, 0.25) is 0 Å². The maximum Gasteiger partial charge on any atom is 0.356 e. The van der Waals surface area contributed by atoms with Crippen molar-refractivity contribution in [2.24, 2.45) is 0 Å². The van der Waals surface area contributed by atoms with Crippen LogP contribution in [0.1, 0.15) is 29.4 Å². The molecule has 2 heterocycles. The molecule has 0 atom stereocenters.